The number of benzene rings is 1. The van der Waals surface area contributed by atoms with Crippen molar-refractivity contribution in [3.63, 3.8) is 0 Å². The fourth-order valence-electron chi connectivity index (χ4n) is 1.86. The predicted octanol–water partition coefficient (Wildman–Crippen LogP) is 1.00. The largest absolute Gasteiger partial charge is 0.505 e. The lowest BCUT2D eigenvalue weighted by molar-refractivity contribution is -0.122. The number of aromatic nitrogens is 1. The topological polar surface area (TPSA) is 91.3 Å². The van der Waals surface area contributed by atoms with Gasteiger partial charge in [0.25, 0.3) is 5.91 Å². The molecule has 1 aromatic carbocycles. The highest BCUT2D eigenvalue weighted by Crippen LogP contribution is 2.16. The van der Waals surface area contributed by atoms with Crippen molar-refractivity contribution in [1.82, 2.24) is 15.6 Å². The molecule has 2 amide bonds. The Hall–Kier alpha value is -2.89. The lowest BCUT2D eigenvalue weighted by atomic mass is 10.1. The number of hydrogen-bond donors (Lipinski definition) is 3. The smallest absolute Gasteiger partial charge is 0.274 e. The number of likely N-dealkylation sites (N-methyl/N-ethyl adjacent to an activating group) is 1. The Kier molecular flexibility index (Phi) is 4.50. The zero-order valence-corrected chi connectivity index (χ0v) is 11.4. The van der Waals surface area contributed by atoms with Gasteiger partial charge in [-0.3, -0.25) is 9.59 Å². The van der Waals surface area contributed by atoms with E-state index in [-0.39, 0.29) is 17.4 Å². The van der Waals surface area contributed by atoms with Gasteiger partial charge in [-0.05, 0) is 17.7 Å². The average molecular weight is 285 g/mol. The number of carbonyl (C=O) groups excluding carboxylic acids is 2. The molecular weight excluding hydrogens is 270 g/mol. The van der Waals surface area contributed by atoms with E-state index in [0.29, 0.717) is 5.56 Å². The molecule has 0 spiro atoms. The van der Waals surface area contributed by atoms with Crippen LogP contribution in [0.3, 0.4) is 0 Å². The van der Waals surface area contributed by atoms with E-state index in [9.17, 15) is 14.7 Å². The molecule has 1 heterocycles. The summed E-state index contributed by atoms with van der Waals surface area (Å²) in [5, 5.41) is 14.7. The van der Waals surface area contributed by atoms with Gasteiger partial charge < -0.3 is 15.7 Å². The number of carbonyl (C=O) groups is 2. The third kappa shape index (κ3) is 3.36. The van der Waals surface area contributed by atoms with Gasteiger partial charge in [0.2, 0.25) is 5.91 Å². The quantitative estimate of drug-likeness (QED) is 0.781. The Bertz CT molecular complexity index is 644. The predicted molar refractivity (Wildman–Crippen MR) is 76.6 cm³/mol. The molecule has 0 saturated heterocycles. The SMILES string of the molecule is CNC(=O)C(NC(=O)c1ncccc1O)c1ccccc1. The first kappa shape index (κ1) is 14.5. The molecule has 0 bridgehead atoms. The maximum absolute atomic E-state index is 12.2. The summed E-state index contributed by atoms with van der Waals surface area (Å²) in [6.45, 7) is 0. The highest BCUT2D eigenvalue weighted by molar-refractivity contribution is 5.98. The molecule has 0 aliphatic rings. The zero-order chi connectivity index (χ0) is 15.2. The molecule has 21 heavy (non-hydrogen) atoms. The van der Waals surface area contributed by atoms with Gasteiger partial charge in [-0.2, -0.15) is 0 Å². The summed E-state index contributed by atoms with van der Waals surface area (Å²) < 4.78 is 0. The number of rotatable bonds is 4. The van der Waals surface area contributed by atoms with Crippen molar-refractivity contribution in [3.8, 4) is 5.75 Å². The second-order valence-electron chi connectivity index (χ2n) is 4.30. The summed E-state index contributed by atoms with van der Waals surface area (Å²) in [5.41, 5.74) is 0.517. The van der Waals surface area contributed by atoms with E-state index in [1.54, 1.807) is 24.3 Å². The van der Waals surface area contributed by atoms with E-state index in [1.165, 1.54) is 25.4 Å². The number of amides is 2. The fourth-order valence-corrected chi connectivity index (χ4v) is 1.86. The van der Waals surface area contributed by atoms with Crippen molar-refractivity contribution >= 4 is 11.8 Å². The van der Waals surface area contributed by atoms with E-state index >= 15 is 0 Å². The second kappa shape index (κ2) is 6.51. The molecule has 6 heteroatoms. The van der Waals surface area contributed by atoms with Crippen LogP contribution >= 0.6 is 0 Å². The van der Waals surface area contributed by atoms with Gasteiger partial charge in [0, 0.05) is 13.2 Å². The van der Waals surface area contributed by atoms with Crippen LogP contribution in [0.25, 0.3) is 0 Å². The van der Waals surface area contributed by atoms with Crippen LogP contribution in [0, 0.1) is 0 Å². The maximum Gasteiger partial charge on any atom is 0.274 e. The summed E-state index contributed by atoms with van der Waals surface area (Å²) >= 11 is 0. The van der Waals surface area contributed by atoms with Gasteiger partial charge in [-0.25, -0.2) is 4.98 Å². The Labute approximate surface area is 121 Å². The van der Waals surface area contributed by atoms with Gasteiger partial charge in [0.15, 0.2) is 5.69 Å². The van der Waals surface area contributed by atoms with Crippen LogP contribution in [0.2, 0.25) is 0 Å². The normalized spacial score (nSPS) is 11.5. The van der Waals surface area contributed by atoms with Crippen LogP contribution in [0.5, 0.6) is 5.75 Å². The summed E-state index contributed by atoms with van der Waals surface area (Å²) in [6, 6.07) is 10.8. The monoisotopic (exact) mass is 285 g/mol. The van der Waals surface area contributed by atoms with Crippen LogP contribution in [-0.2, 0) is 4.79 Å². The van der Waals surface area contributed by atoms with E-state index < -0.39 is 11.9 Å². The minimum atomic E-state index is -0.856. The molecule has 0 fully saturated rings. The molecule has 0 radical (unpaired) electrons. The molecule has 2 rings (SSSR count). The van der Waals surface area contributed by atoms with Gasteiger partial charge >= 0.3 is 0 Å². The third-order valence-corrected chi connectivity index (χ3v) is 2.92. The van der Waals surface area contributed by atoms with Crippen LogP contribution in [0.15, 0.2) is 48.7 Å². The number of pyridine rings is 1. The van der Waals surface area contributed by atoms with Crippen LogP contribution in [-0.4, -0.2) is 29.0 Å². The molecule has 6 nitrogen and oxygen atoms in total. The Morgan fingerprint density at radius 2 is 1.86 bits per heavy atom. The molecule has 0 saturated carbocycles. The Morgan fingerprint density at radius 1 is 1.14 bits per heavy atom. The van der Waals surface area contributed by atoms with Gasteiger partial charge in [0.1, 0.15) is 11.8 Å². The molecular formula is C15H15N3O3. The minimum Gasteiger partial charge on any atom is -0.505 e. The van der Waals surface area contributed by atoms with Crippen molar-refractivity contribution < 1.29 is 14.7 Å². The molecule has 1 aromatic heterocycles. The average Bonchev–Trinajstić information content (AvgIpc) is 2.53. The van der Waals surface area contributed by atoms with E-state index in [2.05, 4.69) is 15.6 Å². The zero-order valence-electron chi connectivity index (χ0n) is 11.4. The summed E-state index contributed by atoms with van der Waals surface area (Å²) in [6.07, 6.45) is 1.39. The highest BCUT2D eigenvalue weighted by Gasteiger charge is 2.23. The van der Waals surface area contributed by atoms with Crippen LogP contribution < -0.4 is 10.6 Å². The van der Waals surface area contributed by atoms with Gasteiger partial charge in [-0.1, -0.05) is 30.3 Å². The maximum atomic E-state index is 12.2. The summed E-state index contributed by atoms with van der Waals surface area (Å²) in [5.74, 6) is -1.21. The summed E-state index contributed by atoms with van der Waals surface area (Å²) in [4.78, 5) is 27.9. The van der Waals surface area contributed by atoms with Gasteiger partial charge in [0.05, 0.1) is 0 Å². The number of hydrogen-bond acceptors (Lipinski definition) is 4. The molecule has 0 aliphatic carbocycles. The van der Waals surface area contributed by atoms with Crippen molar-refractivity contribution in [2.45, 2.75) is 6.04 Å². The highest BCUT2D eigenvalue weighted by atomic mass is 16.3. The van der Waals surface area contributed by atoms with Crippen molar-refractivity contribution in [3.05, 3.63) is 59.9 Å². The first-order valence-corrected chi connectivity index (χ1v) is 6.35. The van der Waals surface area contributed by atoms with Crippen molar-refractivity contribution in [2.24, 2.45) is 0 Å². The van der Waals surface area contributed by atoms with Crippen LogP contribution in [0.4, 0.5) is 0 Å². The van der Waals surface area contributed by atoms with Crippen LogP contribution in [0.1, 0.15) is 22.1 Å². The van der Waals surface area contributed by atoms with E-state index in [1.807, 2.05) is 6.07 Å². The van der Waals surface area contributed by atoms with E-state index in [0.717, 1.165) is 0 Å². The molecule has 2 aromatic rings. The van der Waals surface area contributed by atoms with Crippen molar-refractivity contribution in [1.29, 1.82) is 0 Å². The number of aromatic hydroxyl groups is 1. The second-order valence-corrected chi connectivity index (χ2v) is 4.30. The minimum absolute atomic E-state index is 0.123. The summed E-state index contributed by atoms with van der Waals surface area (Å²) in [7, 11) is 1.49. The number of nitrogens with zero attached hydrogens (tertiary/aromatic N) is 1. The standard InChI is InChI=1S/C15H15N3O3/c1-16-14(20)12(10-6-3-2-4-7-10)18-15(21)13-11(19)8-5-9-17-13/h2-9,12,19H,1H3,(H,16,20)(H,18,21). The molecule has 0 aliphatic heterocycles. The molecule has 1 unspecified atom stereocenters. The molecule has 1 atom stereocenters. The van der Waals surface area contributed by atoms with Crippen molar-refractivity contribution in [2.75, 3.05) is 7.05 Å². The van der Waals surface area contributed by atoms with Gasteiger partial charge in [-0.15, -0.1) is 0 Å². The lowest BCUT2D eigenvalue weighted by Gasteiger charge is -2.17. The third-order valence-electron chi connectivity index (χ3n) is 2.92. The fraction of sp³-hybridized carbons (Fsp3) is 0.133. The molecule has 108 valence electrons. The first-order chi connectivity index (χ1) is 10.1. The first-order valence-electron chi connectivity index (χ1n) is 6.35. The number of nitrogens with one attached hydrogen (secondary N) is 2. The lowest BCUT2D eigenvalue weighted by Crippen LogP contribution is -2.39. The Morgan fingerprint density at radius 3 is 2.48 bits per heavy atom. The Balaban J connectivity index is 2.26. The molecule has 3 N–H and O–H groups in total. The van der Waals surface area contributed by atoms with E-state index in [4.69, 9.17) is 0 Å².